The van der Waals surface area contributed by atoms with Crippen molar-refractivity contribution in [3.05, 3.63) is 29.6 Å². The Labute approximate surface area is 96.3 Å². The van der Waals surface area contributed by atoms with Crippen LogP contribution in [0.5, 0.6) is 0 Å². The highest BCUT2D eigenvalue weighted by Crippen LogP contribution is 2.33. The molecule has 2 nitrogen and oxygen atoms in total. The smallest absolute Gasteiger partial charge is 0.394 e. The van der Waals surface area contributed by atoms with Crippen LogP contribution in [0, 0.1) is 12.7 Å². The summed E-state index contributed by atoms with van der Waals surface area (Å²) in [6.45, 7) is 1.25. The predicted octanol–water partition coefficient (Wildman–Crippen LogP) is 2.86. The third kappa shape index (κ3) is 3.09. The minimum absolute atomic E-state index is 0.0172. The van der Waals surface area contributed by atoms with Gasteiger partial charge in [0.15, 0.2) is 5.54 Å². The number of aliphatic hydroxyl groups is 1. The van der Waals surface area contributed by atoms with Gasteiger partial charge in [0.05, 0.1) is 6.61 Å². The molecule has 0 spiro atoms. The van der Waals surface area contributed by atoms with E-state index in [0.717, 1.165) is 13.0 Å². The van der Waals surface area contributed by atoms with E-state index in [2.05, 4.69) is 5.32 Å². The molecule has 2 N–H and O–H groups in total. The van der Waals surface area contributed by atoms with Gasteiger partial charge in [-0.3, -0.25) is 0 Å². The highest BCUT2D eigenvalue weighted by Gasteiger charge is 2.51. The van der Waals surface area contributed by atoms with Crippen LogP contribution < -0.4 is 5.32 Å². The summed E-state index contributed by atoms with van der Waals surface area (Å²) >= 11 is 0. The van der Waals surface area contributed by atoms with Crippen molar-refractivity contribution >= 4 is 5.69 Å². The Bertz CT molecular complexity index is 385. The Hall–Kier alpha value is -1.30. The average Bonchev–Trinajstić information content (AvgIpc) is 2.13. The van der Waals surface area contributed by atoms with Gasteiger partial charge in [0.25, 0.3) is 0 Å². The summed E-state index contributed by atoms with van der Waals surface area (Å²) in [6, 6.07) is 3.53. The van der Waals surface area contributed by atoms with Crippen LogP contribution in [0.2, 0.25) is 0 Å². The number of hydrogen-bond donors (Lipinski definition) is 2. The van der Waals surface area contributed by atoms with Gasteiger partial charge >= 0.3 is 6.18 Å². The van der Waals surface area contributed by atoms with Crippen LogP contribution in [0.1, 0.15) is 12.5 Å². The second kappa shape index (κ2) is 4.52. The maximum Gasteiger partial charge on any atom is 0.413 e. The van der Waals surface area contributed by atoms with E-state index in [1.165, 1.54) is 12.1 Å². The van der Waals surface area contributed by atoms with E-state index < -0.39 is 24.1 Å². The lowest BCUT2D eigenvalue weighted by atomic mass is 10.0. The normalized spacial score (nSPS) is 15.5. The van der Waals surface area contributed by atoms with Gasteiger partial charge in [-0.1, -0.05) is 0 Å². The van der Waals surface area contributed by atoms with Gasteiger partial charge in [-0.25, -0.2) is 4.39 Å². The second-order valence-corrected chi connectivity index (χ2v) is 4.13. The standard InChI is InChI=1S/C11H13F4NO/c1-7-3-8(12)5-9(4-7)16-10(2,6-17)11(13,14)15/h3-5,16-17H,6H2,1-2H3. The molecule has 0 heterocycles. The Morgan fingerprint density at radius 2 is 1.82 bits per heavy atom. The lowest BCUT2D eigenvalue weighted by molar-refractivity contribution is -0.182. The largest absolute Gasteiger partial charge is 0.413 e. The minimum Gasteiger partial charge on any atom is -0.394 e. The van der Waals surface area contributed by atoms with Gasteiger partial charge in [0.1, 0.15) is 5.82 Å². The van der Waals surface area contributed by atoms with Gasteiger partial charge in [0.2, 0.25) is 0 Å². The van der Waals surface area contributed by atoms with Crippen molar-refractivity contribution in [1.82, 2.24) is 0 Å². The average molecular weight is 251 g/mol. The number of aliphatic hydroxyl groups excluding tert-OH is 1. The predicted molar refractivity (Wildman–Crippen MR) is 56.3 cm³/mol. The van der Waals surface area contributed by atoms with Crippen molar-refractivity contribution in [2.75, 3.05) is 11.9 Å². The quantitative estimate of drug-likeness (QED) is 0.809. The lowest BCUT2D eigenvalue weighted by Crippen LogP contribution is -2.52. The fourth-order valence-electron chi connectivity index (χ4n) is 1.33. The Morgan fingerprint density at radius 1 is 1.24 bits per heavy atom. The van der Waals surface area contributed by atoms with Crippen LogP contribution in [0.15, 0.2) is 18.2 Å². The zero-order valence-electron chi connectivity index (χ0n) is 9.40. The monoisotopic (exact) mass is 251 g/mol. The molecule has 1 aromatic rings. The molecule has 0 amide bonds. The summed E-state index contributed by atoms with van der Waals surface area (Å²) < 4.78 is 51.0. The maximum absolute atomic E-state index is 13.0. The molecule has 0 saturated heterocycles. The molecule has 0 saturated carbocycles. The van der Waals surface area contributed by atoms with Gasteiger partial charge in [-0.15, -0.1) is 0 Å². The Kier molecular flexibility index (Phi) is 3.66. The molecule has 0 aromatic heterocycles. The fourth-order valence-corrected chi connectivity index (χ4v) is 1.33. The van der Waals surface area contributed by atoms with E-state index in [-0.39, 0.29) is 5.69 Å². The fraction of sp³-hybridized carbons (Fsp3) is 0.455. The van der Waals surface area contributed by atoms with Gasteiger partial charge in [0, 0.05) is 5.69 Å². The molecule has 6 heteroatoms. The van der Waals surface area contributed by atoms with Crippen molar-refractivity contribution in [1.29, 1.82) is 0 Å². The molecule has 0 aliphatic rings. The summed E-state index contributed by atoms with van der Waals surface area (Å²) in [5.74, 6) is -0.630. The van der Waals surface area contributed by atoms with Crippen molar-refractivity contribution < 1.29 is 22.7 Å². The minimum atomic E-state index is -4.64. The zero-order valence-corrected chi connectivity index (χ0v) is 9.40. The molecule has 1 rings (SSSR count). The van der Waals surface area contributed by atoms with E-state index in [9.17, 15) is 17.6 Å². The first-order valence-electron chi connectivity index (χ1n) is 4.91. The van der Waals surface area contributed by atoms with E-state index in [4.69, 9.17) is 5.11 Å². The Morgan fingerprint density at radius 3 is 2.24 bits per heavy atom. The molecule has 0 aliphatic carbocycles. The van der Waals surface area contributed by atoms with Crippen LogP contribution in [0.3, 0.4) is 0 Å². The van der Waals surface area contributed by atoms with Crippen LogP contribution in [-0.4, -0.2) is 23.4 Å². The first-order chi connectivity index (χ1) is 7.68. The number of hydrogen-bond acceptors (Lipinski definition) is 2. The number of rotatable bonds is 3. The highest BCUT2D eigenvalue weighted by atomic mass is 19.4. The second-order valence-electron chi connectivity index (χ2n) is 4.13. The van der Waals surface area contributed by atoms with Crippen LogP contribution in [0.25, 0.3) is 0 Å². The van der Waals surface area contributed by atoms with Crippen molar-refractivity contribution in [3.8, 4) is 0 Å². The first kappa shape index (κ1) is 13.8. The molecule has 1 atom stereocenters. The van der Waals surface area contributed by atoms with Gasteiger partial charge in [-0.2, -0.15) is 13.2 Å². The molecule has 0 bridgehead atoms. The summed E-state index contributed by atoms with van der Waals surface area (Å²) in [4.78, 5) is 0. The SMILES string of the molecule is Cc1cc(F)cc(NC(C)(CO)C(F)(F)F)c1. The van der Waals surface area contributed by atoms with E-state index >= 15 is 0 Å². The summed E-state index contributed by atoms with van der Waals surface area (Å²) in [7, 11) is 0. The number of halogens is 4. The van der Waals surface area contributed by atoms with Crippen molar-refractivity contribution in [2.24, 2.45) is 0 Å². The molecule has 1 aromatic carbocycles. The summed E-state index contributed by atoms with van der Waals surface area (Å²) in [6.07, 6.45) is -4.64. The number of anilines is 1. The Balaban J connectivity index is 3.03. The van der Waals surface area contributed by atoms with Crippen LogP contribution in [-0.2, 0) is 0 Å². The van der Waals surface area contributed by atoms with E-state index in [1.807, 2.05) is 0 Å². The molecular weight excluding hydrogens is 238 g/mol. The zero-order chi connectivity index (χ0) is 13.3. The third-order valence-electron chi connectivity index (χ3n) is 2.40. The number of benzene rings is 1. The highest BCUT2D eigenvalue weighted by molar-refractivity contribution is 5.48. The van der Waals surface area contributed by atoms with Crippen LogP contribution >= 0.6 is 0 Å². The molecule has 0 aliphatic heterocycles. The number of alkyl halides is 3. The molecule has 1 unspecified atom stereocenters. The summed E-state index contributed by atoms with van der Waals surface area (Å²) in [5, 5.41) is 11.0. The maximum atomic E-state index is 13.0. The molecule has 0 radical (unpaired) electrons. The molecule has 17 heavy (non-hydrogen) atoms. The topological polar surface area (TPSA) is 32.3 Å². The molecule has 0 fully saturated rings. The molecule has 96 valence electrons. The van der Waals surface area contributed by atoms with Gasteiger partial charge in [-0.05, 0) is 37.6 Å². The van der Waals surface area contributed by atoms with E-state index in [0.29, 0.717) is 5.56 Å². The van der Waals surface area contributed by atoms with E-state index in [1.54, 1.807) is 6.92 Å². The number of aryl methyl sites for hydroxylation is 1. The summed E-state index contributed by atoms with van der Waals surface area (Å²) in [5.41, 5.74) is -2.01. The van der Waals surface area contributed by atoms with Crippen LogP contribution in [0.4, 0.5) is 23.2 Å². The molecular formula is C11H13F4NO. The first-order valence-corrected chi connectivity index (χ1v) is 4.91. The van der Waals surface area contributed by atoms with Crippen molar-refractivity contribution in [2.45, 2.75) is 25.6 Å². The number of nitrogens with one attached hydrogen (secondary N) is 1. The lowest BCUT2D eigenvalue weighted by Gasteiger charge is -2.32. The van der Waals surface area contributed by atoms with Crippen molar-refractivity contribution in [3.63, 3.8) is 0 Å². The third-order valence-corrected chi connectivity index (χ3v) is 2.40. The van der Waals surface area contributed by atoms with Gasteiger partial charge < -0.3 is 10.4 Å².